The third kappa shape index (κ3) is 3.29. The van der Waals surface area contributed by atoms with Crippen LogP contribution in [0.15, 0.2) is 30.3 Å². The van der Waals surface area contributed by atoms with Crippen molar-refractivity contribution < 1.29 is 9.53 Å². The van der Waals surface area contributed by atoms with Gasteiger partial charge in [-0.1, -0.05) is 48.9 Å². The monoisotopic (exact) mass is 287 g/mol. The molecule has 0 aliphatic rings. The second kappa shape index (κ2) is 7.02. The molecule has 0 fully saturated rings. The van der Waals surface area contributed by atoms with Crippen molar-refractivity contribution in [2.24, 2.45) is 0 Å². The summed E-state index contributed by atoms with van der Waals surface area (Å²) >= 11 is 0. The molecule has 112 valence electrons. The highest BCUT2D eigenvalue weighted by molar-refractivity contribution is 5.88. The van der Waals surface area contributed by atoms with E-state index in [9.17, 15) is 4.79 Å². The van der Waals surface area contributed by atoms with Gasteiger partial charge >= 0.3 is 5.97 Å². The molecule has 1 heterocycles. The van der Waals surface area contributed by atoms with Crippen LogP contribution >= 0.6 is 0 Å². The molecule has 1 unspecified atom stereocenters. The molecule has 1 aromatic carbocycles. The van der Waals surface area contributed by atoms with Gasteiger partial charge in [0.1, 0.15) is 0 Å². The minimum atomic E-state index is -0.396. The maximum atomic E-state index is 12.0. The molecule has 0 saturated heterocycles. The van der Waals surface area contributed by atoms with E-state index in [-0.39, 0.29) is 6.04 Å². The molecule has 0 bridgehead atoms. The molecule has 0 radical (unpaired) electrons. The van der Waals surface area contributed by atoms with Crippen LogP contribution in [0.25, 0.3) is 0 Å². The molecule has 0 amide bonds. The molecule has 2 aromatic rings. The van der Waals surface area contributed by atoms with Crippen LogP contribution in [0.5, 0.6) is 0 Å². The molecule has 5 nitrogen and oxygen atoms in total. The summed E-state index contributed by atoms with van der Waals surface area (Å²) in [7, 11) is 0. The van der Waals surface area contributed by atoms with Crippen molar-refractivity contribution in [3.05, 3.63) is 47.3 Å². The highest BCUT2D eigenvalue weighted by Gasteiger charge is 2.23. The Labute approximate surface area is 124 Å². The number of esters is 1. The van der Waals surface area contributed by atoms with E-state index in [4.69, 9.17) is 4.74 Å². The molecule has 0 aliphatic carbocycles. The Bertz CT molecular complexity index is 593. The van der Waals surface area contributed by atoms with Gasteiger partial charge in [-0.2, -0.15) is 0 Å². The predicted octanol–water partition coefficient (Wildman–Crippen LogP) is 3.02. The molecule has 0 aliphatic heterocycles. The van der Waals surface area contributed by atoms with Crippen molar-refractivity contribution in [3.8, 4) is 0 Å². The van der Waals surface area contributed by atoms with Gasteiger partial charge in [0, 0.05) is 0 Å². The van der Waals surface area contributed by atoms with E-state index < -0.39 is 5.97 Å². The summed E-state index contributed by atoms with van der Waals surface area (Å²) in [4.78, 5) is 12.0. The largest absolute Gasteiger partial charge is 0.461 e. The van der Waals surface area contributed by atoms with Gasteiger partial charge in [0.15, 0.2) is 5.69 Å². The van der Waals surface area contributed by atoms with Gasteiger partial charge in [0.2, 0.25) is 0 Å². The van der Waals surface area contributed by atoms with Crippen LogP contribution in [0.2, 0.25) is 0 Å². The highest BCUT2D eigenvalue weighted by Crippen LogP contribution is 2.21. The zero-order valence-electron chi connectivity index (χ0n) is 12.7. The topological polar surface area (TPSA) is 57.0 Å². The molecule has 0 spiro atoms. The van der Waals surface area contributed by atoms with Crippen LogP contribution in [-0.4, -0.2) is 27.6 Å². The van der Waals surface area contributed by atoms with E-state index in [0.717, 1.165) is 24.1 Å². The number of carbonyl (C=O) groups excluding carboxylic acids is 1. The fourth-order valence-corrected chi connectivity index (χ4v) is 2.32. The van der Waals surface area contributed by atoms with Gasteiger partial charge < -0.3 is 4.74 Å². The van der Waals surface area contributed by atoms with Gasteiger partial charge in [-0.25, -0.2) is 9.48 Å². The Morgan fingerprint density at radius 3 is 2.62 bits per heavy atom. The summed E-state index contributed by atoms with van der Waals surface area (Å²) in [5, 5.41) is 8.22. The summed E-state index contributed by atoms with van der Waals surface area (Å²) < 4.78 is 6.88. The zero-order chi connectivity index (χ0) is 15.2. The molecule has 2 rings (SSSR count). The first-order valence-corrected chi connectivity index (χ1v) is 7.35. The van der Waals surface area contributed by atoms with Crippen LogP contribution in [0.4, 0.5) is 0 Å². The minimum Gasteiger partial charge on any atom is -0.461 e. The third-order valence-electron chi connectivity index (χ3n) is 3.40. The third-order valence-corrected chi connectivity index (χ3v) is 3.40. The summed E-state index contributed by atoms with van der Waals surface area (Å²) in [6, 6.07) is 10.1. The first kappa shape index (κ1) is 15.2. The Hall–Kier alpha value is -2.17. The van der Waals surface area contributed by atoms with Crippen molar-refractivity contribution in [2.45, 2.75) is 39.7 Å². The van der Waals surface area contributed by atoms with Crippen LogP contribution < -0.4 is 0 Å². The lowest BCUT2D eigenvalue weighted by Gasteiger charge is -2.15. The lowest BCUT2D eigenvalue weighted by molar-refractivity contribution is 0.0518. The number of hydrogen-bond donors (Lipinski definition) is 0. The van der Waals surface area contributed by atoms with Crippen molar-refractivity contribution in [2.75, 3.05) is 6.61 Å². The number of aromatic nitrogens is 3. The Morgan fingerprint density at radius 2 is 2.00 bits per heavy atom. The minimum absolute atomic E-state index is 0.0310. The number of nitrogens with zero attached hydrogens (tertiary/aromatic N) is 3. The standard InChI is InChI=1S/C16H21N3O2/c1-4-9-14-15(16(20)21-5-2)17-18-19(14)12(3)13-10-7-6-8-11-13/h6-8,10-12H,4-5,9H2,1-3H3. The summed E-state index contributed by atoms with van der Waals surface area (Å²) in [5.74, 6) is -0.396. The molecule has 5 heteroatoms. The maximum absolute atomic E-state index is 12.0. The van der Waals surface area contributed by atoms with Crippen LogP contribution in [-0.2, 0) is 11.2 Å². The Morgan fingerprint density at radius 1 is 1.29 bits per heavy atom. The fraction of sp³-hybridized carbons (Fsp3) is 0.438. The van der Waals surface area contributed by atoms with Crippen molar-refractivity contribution in [1.29, 1.82) is 0 Å². The second-order valence-corrected chi connectivity index (χ2v) is 4.89. The van der Waals surface area contributed by atoms with Crippen LogP contribution in [0, 0.1) is 0 Å². The van der Waals surface area contributed by atoms with Crippen molar-refractivity contribution >= 4 is 5.97 Å². The van der Waals surface area contributed by atoms with Gasteiger partial charge in [-0.3, -0.25) is 0 Å². The highest BCUT2D eigenvalue weighted by atomic mass is 16.5. The number of hydrogen-bond acceptors (Lipinski definition) is 4. The predicted molar refractivity (Wildman–Crippen MR) is 80.2 cm³/mol. The van der Waals surface area contributed by atoms with Crippen LogP contribution in [0.1, 0.15) is 55.0 Å². The van der Waals surface area contributed by atoms with E-state index >= 15 is 0 Å². The SMILES string of the molecule is CCCc1c(C(=O)OCC)nnn1C(C)c1ccccc1. The smallest absolute Gasteiger partial charge is 0.360 e. The number of rotatable bonds is 6. The van der Waals surface area contributed by atoms with E-state index in [2.05, 4.69) is 24.2 Å². The van der Waals surface area contributed by atoms with Gasteiger partial charge in [0.25, 0.3) is 0 Å². The first-order chi connectivity index (χ1) is 10.2. The van der Waals surface area contributed by atoms with Gasteiger partial charge in [0.05, 0.1) is 18.3 Å². The summed E-state index contributed by atoms with van der Waals surface area (Å²) in [6.07, 6.45) is 1.67. The lowest BCUT2D eigenvalue weighted by atomic mass is 10.1. The molecule has 1 aromatic heterocycles. The average molecular weight is 287 g/mol. The van der Waals surface area contributed by atoms with E-state index in [1.807, 2.05) is 35.0 Å². The molecular formula is C16H21N3O2. The quantitative estimate of drug-likeness (QED) is 0.766. The first-order valence-electron chi connectivity index (χ1n) is 7.35. The molecule has 0 N–H and O–H groups in total. The average Bonchev–Trinajstić information content (AvgIpc) is 2.92. The Balaban J connectivity index is 2.37. The zero-order valence-corrected chi connectivity index (χ0v) is 12.7. The number of benzene rings is 1. The normalized spacial score (nSPS) is 12.1. The maximum Gasteiger partial charge on any atom is 0.360 e. The van der Waals surface area contributed by atoms with Gasteiger partial charge in [-0.15, -0.1) is 5.10 Å². The second-order valence-electron chi connectivity index (χ2n) is 4.89. The molecule has 0 saturated carbocycles. The Kier molecular flexibility index (Phi) is 5.09. The lowest BCUT2D eigenvalue weighted by Crippen LogP contribution is -2.14. The van der Waals surface area contributed by atoms with E-state index in [1.54, 1.807) is 6.92 Å². The van der Waals surface area contributed by atoms with Crippen LogP contribution in [0.3, 0.4) is 0 Å². The van der Waals surface area contributed by atoms with Gasteiger partial charge in [-0.05, 0) is 25.8 Å². The molecule has 1 atom stereocenters. The van der Waals surface area contributed by atoms with E-state index in [1.165, 1.54) is 0 Å². The van der Waals surface area contributed by atoms with E-state index in [0.29, 0.717) is 12.3 Å². The number of ether oxygens (including phenoxy) is 1. The van der Waals surface area contributed by atoms with Crippen molar-refractivity contribution in [1.82, 2.24) is 15.0 Å². The number of carbonyl (C=O) groups is 1. The summed E-state index contributed by atoms with van der Waals surface area (Å²) in [6.45, 7) is 6.25. The molecule has 21 heavy (non-hydrogen) atoms. The molecular weight excluding hydrogens is 266 g/mol. The summed E-state index contributed by atoms with van der Waals surface area (Å²) in [5.41, 5.74) is 2.31. The van der Waals surface area contributed by atoms with Crippen molar-refractivity contribution in [3.63, 3.8) is 0 Å². The fourth-order valence-electron chi connectivity index (χ4n) is 2.32.